The highest BCUT2D eigenvalue weighted by Crippen LogP contribution is 2.09. The summed E-state index contributed by atoms with van der Waals surface area (Å²) in [6, 6.07) is 8.49. The molecule has 0 aliphatic carbocycles. The lowest BCUT2D eigenvalue weighted by molar-refractivity contribution is -0.121. The Morgan fingerprint density at radius 1 is 1.22 bits per heavy atom. The predicted octanol–water partition coefficient (Wildman–Crippen LogP) is 3.02. The molecule has 0 saturated heterocycles. The first-order valence-corrected chi connectivity index (χ1v) is 8.27. The number of amides is 2. The van der Waals surface area contributed by atoms with Crippen LogP contribution in [0.4, 0.5) is 4.39 Å². The average Bonchev–Trinajstić information content (AvgIpc) is 3.07. The first kappa shape index (κ1) is 17.1. The van der Waals surface area contributed by atoms with Gasteiger partial charge in [0.05, 0.1) is 4.88 Å². The maximum Gasteiger partial charge on any atom is 0.261 e. The van der Waals surface area contributed by atoms with Crippen molar-refractivity contribution in [3.8, 4) is 0 Å². The molecule has 1 aromatic heterocycles. The van der Waals surface area contributed by atoms with Gasteiger partial charge in [-0.15, -0.1) is 11.3 Å². The SMILES string of the molecule is Cc1ccc(CNC(=O)CCCNC(=O)c2cccs2)cc1F. The van der Waals surface area contributed by atoms with Gasteiger partial charge in [-0.05, 0) is 42.0 Å². The second kappa shape index (κ2) is 8.43. The molecule has 0 bridgehead atoms. The molecule has 0 spiro atoms. The Morgan fingerprint density at radius 3 is 2.74 bits per heavy atom. The molecule has 23 heavy (non-hydrogen) atoms. The third kappa shape index (κ3) is 5.49. The minimum absolute atomic E-state index is 0.114. The third-order valence-corrected chi connectivity index (χ3v) is 4.21. The van der Waals surface area contributed by atoms with Crippen molar-refractivity contribution in [1.82, 2.24) is 10.6 Å². The molecule has 0 atom stereocenters. The van der Waals surface area contributed by atoms with E-state index < -0.39 is 0 Å². The molecule has 1 aromatic carbocycles. The normalized spacial score (nSPS) is 10.3. The summed E-state index contributed by atoms with van der Waals surface area (Å²) in [5.41, 5.74) is 1.31. The Labute approximate surface area is 138 Å². The van der Waals surface area contributed by atoms with E-state index in [1.807, 2.05) is 11.4 Å². The van der Waals surface area contributed by atoms with E-state index in [0.717, 1.165) is 5.56 Å². The lowest BCUT2D eigenvalue weighted by atomic mass is 10.1. The van der Waals surface area contributed by atoms with Crippen LogP contribution >= 0.6 is 11.3 Å². The molecule has 0 unspecified atom stereocenters. The van der Waals surface area contributed by atoms with Gasteiger partial charge < -0.3 is 10.6 Å². The molecule has 2 aromatic rings. The summed E-state index contributed by atoms with van der Waals surface area (Å²) in [4.78, 5) is 24.1. The van der Waals surface area contributed by atoms with Gasteiger partial charge in [-0.3, -0.25) is 9.59 Å². The predicted molar refractivity (Wildman–Crippen MR) is 88.9 cm³/mol. The fraction of sp³-hybridized carbons (Fsp3) is 0.294. The van der Waals surface area contributed by atoms with E-state index in [0.29, 0.717) is 36.4 Å². The summed E-state index contributed by atoms with van der Waals surface area (Å²) in [6.07, 6.45) is 0.879. The van der Waals surface area contributed by atoms with Crippen molar-refractivity contribution >= 4 is 23.2 Å². The number of carbonyl (C=O) groups excluding carboxylic acids is 2. The highest BCUT2D eigenvalue weighted by Gasteiger charge is 2.06. The van der Waals surface area contributed by atoms with Crippen LogP contribution in [0.15, 0.2) is 35.7 Å². The van der Waals surface area contributed by atoms with Crippen molar-refractivity contribution in [2.75, 3.05) is 6.54 Å². The van der Waals surface area contributed by atoms with Crippen molar-refractivity contribution < 1.29 is 14.0 Å². The Balaban J connectivity index is 1.63. The van der Waals surface area contributed by atoms with E-state index in [1.54, 1.807) is 25.1 Å². The summed E-state index contributed by atoms with van der Waals surface area (Å²) in [7, 11) is 0. The van der Waals surface area contributed by atoms with E-state index in [1.165, 1.54) is 17.4 Å². The maximum absolute atomic E-state index is 13.4. The number of benzene rings is 1. The Morgan fingerprint density at radius 2 is 2.04 bits per heavy atom. The molecular weight excluding hydrogens is 315 g/mol. The van der Waals surface area contributed by atoms with Crippen LogP contribution in [0.3, 0.4) is 0 Å². The first-order valence-electron chi connectivity index (χ1n) is 7.39. The van der Waals surface area contributed by atoms with Gasteiger partial charge in [0.1, 0.15) is 5.82 Å². The number of rotatable bonds is 7. The quantitative estimate of drug-likeness (QED) is 0.765. The fourth-order valence-corrected chi connectivity index (χ4v) is 2.62. The Hall–Kier alpha value is -2.21. The number of nitrogens with one attached hydrogen (secondary N) is 2. The second-order valence-corrected chi connectivity index (χ2v) is 6.14. The van der Waals surface area contributed by atoms with Gasteiger partial charge in [0.15, 0.2) is 0 Å². The summed E-state index contributed by atoms with van der Waals surface area (Å²) in [5, 5.41) is 7.36. The Kier molecular flexibility index (Phi) is 6.29. The summed E-state index contributed by atoms with van der Waals surface area (Å²) in [5.74, 6) is -0.500. The van der Waals surface area contributed by atoms with E-state index in [-0.39, 0.29) is 17.6 Å². The standard InChI is InChI=1S/C17H19FN2O2S/c1-12-6-7-13(10-14(12)18)11-20-16(21)5-2-8-19-17(22)15-4-3-9-23-15/h3-4,6-7,9-10H,2,5,8,11H2,1H3,(H,19,22)(H,20,21). The lowest BCUT2D eigenvalue weighted by Crippen LogP contribution is -2.27. The lowest BCUT2D eigenvalue weighted by Gasteiger charge is -2.07. The fourth-order valence-electron chi connectivity index (χ4n) is 1.98. The zero-order valence-electron chi connectivity index (χ0n) is 12.9. The van der Waals surface area contributed by atoms with Gasteiger partial charge in [0.2, 0.25) is 5.91 Å². The van der Waals surface area contributed by atoms with Gasteiger partial charge >= 0.3 is 0 Å². The molecular formula is C17H19FN2O2S. The zero-order valence-corrected chi connectivity index (χ0v) is 13.7. The average molecular weight is 334 g/mol. The first-order chi connectivity index (χ1) is 11.1. The van der Waals surface area contributed by atoms with Crippen molar-refractivity contribution in [3.05, 3.63) is 57.5 Å². The van der Waals surface area contributed by atoms with Crippen LogP contribution in [-0.4, -0.2) is 18.4 Å². The van der Waals surface area contributed by atoms with Crippen LogP contribution in [0, 0.1) is 12.7 Å². The van der Waals surface area contributed by atoms with E-state index >= 15 is 0 Å². The number of hydrogen-bond donors (Lipinski definition) is 2. The third-order valence-electron chi connectivity index (χ3n) is 3.34. The zero-order chi connectivity index (χ0) is 16.7. The molecule has 2 rings (SSSR count). The number of carbonyl (C=O) groups is 2. The highest BCUT2D eigenvalue weighted by molar-refractivity contribution is 7.12. The van der Waals surface area contributed by atoms with Crippen LogP contribution in [0.25, 0.3) is 0 Å². The van der Waals surface area contributed by atoms with E-state index in [9.17, 15) is 14.0 Å². The van der Waals surface area contributed by atoms with Crippen LogP contribution < -0.4 is 10.6 Å². The van der Waals surface area contributed by atoms with Crippen LogP contribution in [-0.2, 0) is 11.3 Å². The molecule has 122 valence electrons. The molecule has 2 amide bonds. The highest BCUT2D eigenvalue weighted by atomic mass is 32.1. The molecule has 0 aliphatic rings. The van der Waals surface area contributed by atoms with Gasteiger partial charge in [0, 0.05) is 19.5 Å². The summed E-state index contributed by atoms with van der Waals surface area (Å²) in [6.45, 7) is 2.45. The van der Waals surface area contributed by atoms with Crippen molar-refractivity contribution in [1.29, 1.82) is 0 Å². The number of aryl methyl sites for hydroxylation is 1. The second-order valence-electron chi connectivity index (χ2n) is 5.20. The monoisotopic (exact) mass is 334 g/mol. The minimum Gasteiger partial charge on any atom is -0.352 e. The molecule has 2 N–H and O–H groups in total. The molecule has 0 aliphatic heterocycles. The van der Waals surface area contributed by atoms with Crippen LogP contribution in [0.1, 0.15) is 33.6 Å². The van der Waals surface area contributed by atoms with E-state index in [2.05, 4.69) is 10.6 Å². The minimum atomic E-state index is -0.270. The maximum atomic E-state index is 13.4. The van der Waals surface area contributed by atoms with Crippen molar-refractivity contribution in [2.24, 2.45) is 0 Å². The smallest absolute Gasteiger partial charge is 0.261 e. The summed E-state index contributed by atoms with van der Waals surface area (Å²) >= 11 is 1.38. The van der Waals surface area contributed by atoms with Crippen molar-refractivity contribution in [3.63, 3.8) is 0 Å². The number of hydrogen-bond acceptors (Lipinski definition) is 3. The molecule has 0 fully saturated rings. The number of thiophene rings is 1. The summed E-state index contributed by atoms with van der Waals surface area (Å²) < 4.78 is 13.4. The van der Waals surface area contributed by atoms with E-state index in [4.69, 9.17) is 0 Å². The molecule has 0 radical (unpaired) electrons. The van der Waals surface area contributed by atoms with Gasteiger partial charge in [-0.1, -0.05) is 18.2 Å². The molecule has 1 heterocycles. The van der Waals surface area contributed by atoms with Crippen LogP contribution in [0.5, 0.6) is 0 Å². The van der Waals surface area contributed by atoms with Gasteiger partial charge in [0.25, 0.3) is 5.91 Å². The van der Waals surface area contributed by atoms with Crippen molar-refractivity contribution in [2.45, 2.75) is 26.3 Å². The molecule has 0 saturated carbocycles. The molecule has 4 nitrogen and oxygen atoms in total. The Bertz CT molecular complexity index is 671. The van der Waals surface area contributed by atoms with Crippen LogP contribution in [0.2, 0.25) is 0 Å². The topological polar surface area (TPSA) is 58.2 Å². The van der Waals surface area contributed by atoms with Gasteiger partial charge in [-0.25, -0.2) is 4.39 Å². The van der Waals surface area contributed by atoms with Gasteiger partial charge in [-0.2, -0.15) is 0 Å². The molecule has 6 heteroatoms. The number of halogens is 1. The largest absolute Gasteiger partial charge is 0.352 e.